The summed E-state index contributed by atoms with van der Waals surface area (Å²) in [6.45, 7) is 7.06. The number of nitrogens with zero attached hydrogens (tertiary/aromatic N) is 2. The molecule has 0 aliphatic carbocycles. The molecule has 0 spiro atoms. The highest BCUT2D eigenvalue weighted by atomic mass is 28.3. The molecule has 2 nitrogen and oxygen atoms in total. The van der Waals surface area contributed by atoms with Crippen molar-refractivity contribution in [3.05, 3.63) is 54.1 Å². The predicted octanol–water partition coefficient (Wildman–Crippen LogP) is 3.87. The lowest BCUT2D eigenvalue weighted by molar-refractivity contribution is 1.21. The normalized spacial score (nSPS) is 10.9. The van der Waals surface area contributed by atoms with Gasteiger partial charge in [0.2, 0.25) is 0 Å². The van der Waals surface area contributed by atoms with Crippen LogP contribution in [0.15, 0.2) is 48.5 Å². The van der Waals surface area contributed by atoms with E-state index in [1.54, 1.807) is 0 Å². The average Bonchev–Trinajstić information content (AvgIpc) is 2.46. The third-order valence-electron chi connectivity index (χ3n) is 3.50. The molecule has 0 saturated heterocycles. The zero-order valence-corrected chi connectivity index (χ0v) is 13.5. The van der Waals surface area contributed by atoms with Crippen LogP contribution in [0.3, 0.4) is 0 Å². The number of nitriles is 1. The summed E-state index contributed by atoms with van der Waals surface area (Å²) in [5.74, 6) is 0. The van der Waals surface area contributed by atoms with E-state index in [0.717, 1.165) is 11.4 Å². The first kappa shape index (κ1) is 14.4. The van der Waals surface area contributed by atoms with Gasteiger partial charge in [0.05, 0.1) is 19.7 Å². The number of hydrogen-bond donors (Lipinski definition) is 0. The highest BCUT2D eigenvalue weighted by Crippen LogP contribution is 2.23. The van der Waals surface area contributed by atoms with Crippen molar-refractivity contribution in [3.8, 4) is 6.07 Å². The van der Waals surface area contributed by atoms with E-state index in [2.05, 4.69) is 54.9 Å². The fourth-order valence-electron chi connectivity index (χ4n) is 2.09. The second kappa shape index (κ2) is 5.52. The standard InChI is InChI=1S/C17H20N2Si/c1-19(15-7-5-14(13-18)6-8-15)16-9-11-17(12-10-16)20(2,3)4/h5-12H,1-4H3. The van der Waals surface area contributed by atoms with Crippen LogP contribution in [0.25, 0.3) is 0 Å². The van der Waals surface area contributed by atoms with E-state index < -0.39 is 8.07 Å². The number of benzene rings is 2. The molecule has 0 atom stereocenters. The van der Waals surface area contributed by atoms with Crippen LogP contribution in [0, 0.1) is 11.3 Å². The molecule has 2 rings (SSSR count). The van der Waals surface area contributed by atoms with Crippen molar-refractivity contribution in [2.75, 3.05) is 11.9 Å². The van der Waals surface area contributed by atoms with Crippen molar-refractivity contribution in [3.63, 3.8) is 0 Å². The Morgan fingerprint density at radius 3 is 1.70 bits per heavy atom. The average molecular weight is 280 g/mol. The summed E-state index contributed by atoms with van der Waals surface area (Å²) in [6.07, 6.45) is 0. The lowest BCUT2D eigenvalue weighted by Gasteiger charge is -2.22. The molecule has 0 aliphatic rings. The van der Waals surface area contributed by atoms with Gasteiger partial charge in [-0.2, -0.15) is 5.26 Å². The maximum atomic E-state index is 8.83. The fourth-order valence-corrected chi connectivity index (χ4v) is 3.26. The predicted molar refractivity (Wildman–Crippen MR) is 88.6 cm³/mol. The van der Waals surface area contributed by atoms with Gasteiger partial charge in [-0.3, -0.25) is 0 Å². The van der Waals surface area contributed by atoms with Crippen molar-refractivity contribution in [1.82, 2.24) is 0 Å². The van der Waals surface area contributed by atoms with Gasteiger partial charge < -0.3 is 4.90 Å². The Labute approximate surface area is 122 Å². The van der Waals surface area contributed by atoms with Crippen LogP contribution >= 0.6 is 0 Å². The van der Waals surface area contributed by atoms with E-state index in [9.17, 15) is 0 Å². The minimum Gasteiger partial charge on any atom is -0.345 e. The molecule has 0 aromatic heterocycles. The Morgan fingerprint density at radius 2 is 1.30 bits per heavy atom. The smallest absolute Gasteiger partial charge is 0.0991 e. The van der Waals surface area contributed by atoms with Gasteiger partial charge in [-0.15, -0.1) is 0 Å². The van der Waals surface area contributed by atoms with Crippen molar-refractivity contribution in [1.29, 1.82) is 5.26 Å². The molecule has 0 unspecified atom stereocenters. The maximum absolute atomic E-state index is 8.83. The Hall–Kier alpha value is -2.05. The summed E-state index contributed by atoms with van der Waals surface area (Å²) >= 11 is 0. The second-order valence-electron chi connectivity index (χ2n) is 6.01. The fraction of sp³-hybridized carbons (Fsp3) is 0.235. The molecule has 0 bridgehead atoms. The van der Waals surface area contributed by atoms with Gasteiger partial charge >= 0.3 is 0 Å². The summed E-state index contributed by atoms with van der Waals surface area (Å²) in [5.41, 5.74) is 2.94. The van der Waals surface area contributed by atoms with Crippen LogP contribution < -0.4 is 10.1 Å². The van der Waals surface area contributed by atoms with Crippen molar-refractivity contribution in [2.24, 2.45) is 0 Å². The number of hydrogen-bond acceptors (Lipinski definition) is 2. The van der Waals surface area contributed by atoms with Crippen LogP contribution in [-0.2, 0) is 0 Å². The van der Waals surface area contributed by atoms with Gasteiger partial charge in [-0.05, 0) is 36.4 Å². The van der Waals surface area contributed by atoms with Crippen LogP contribution in [0.1, 0.15) is 5.56 Å². The molecular weight excluding hydrogens is 260 g/mol. The molecule has 0 N–H and O–H groups in total. The molecule has 20 heavy (non-hydrogen) atoms. The Bertz CT molecular complexity index is 616. The summed E-state index contributed by atoms with van der Waals surface area (Å²) in [6, 6.07) is 18.6. The number of anilines is 2. The molecule has 102 valence electrons. The largest absolute Gasteiger partial charge is 0.345 e. The van der Waals surface area contributed by atoms with E-state index in [1.165, 1.54) is 5.19 Å². The Balaban J connectivity index is 2.24. The van der Waals surface area contributed by atoms with Gasteiger partial charge in [-0.25, -0.2) is 0 Å². The minimum atomic E-state index is -1.24. The van der Waals surface area contributed by atoms with Crippen LogP contribution in [-0.4, -0.2) is 15.1 Å². The summed E-state index contributed by atoms with van der Waals surface area (Å²) in [4.78, 5) is 2.13. The number of rotatable bonds is 3. The molecule has 0 fully saturated rings. The Morgan fingerprint density at radius 1 is 0.850 bits per heavy atom. The molecule has 0 radical (unpaired) electrons. The van der Waals surface area contributed by atoms with Gasteiger partial charge in [0.15, 0.2) is 0 Å². The van der Waals surface area contributed by atoms with Crippen LogP contribution in [0.5, 0.6) is 0 Å². The molecule has 2 aromatic rings. The summed E-state index contributed by atoms with van der Waals surface area (Å²) in [7, 11) is 0.809. The zero-order valence-electron chi connectivity index (χ0n) is 12.5. The lowest BCUT2D eigenvalue weighted by Crippen LogP contribution is -2.37. The topological polar surface area (TPSA) is 27.0 Å². The Kier molecular flexibility index (Phi) is 3.96. The highest BCUT2D eigenvalue weighted by molar-refractivity contribution is 6.88. The lowest BCUT2D eigenvalue weighted by atomic mass is 10.2. The van der Waals surface area contributed by atoms with E-state index >= 15 is 0 Å². The molecule has 0 aliphatic heterocycles. The van der Waals surface area contributed by atoms with Crippen LogP contribution in [0.4, 0.5) is 11.4 Å². The quantitative estimate of drug-likeness (QED) is 0.798. The molecular formula is C17H20N2Si. The highest BCUT2D eigenvalue weighted by Gasteiger charge is 2.16. The molecule has 0 saturated carbocycles. The first-order valence-corrected chi connectivity index (χ1v) is 10.3. The zero-order chi connectivity index (χ0) is 14.8. The van der Waals surface area contributed by atoms with Crippen molar-refractivity contribution in [2.45, 2.75) is 19.6 Å². The molecule has 0 heterocycles. The first-order chi connectivity index (χ1) is 9.41. The molecule has 2 aromatic carbocycles. The van der Waals surface area contributed by atoms with Crippen molar-refractivity contribution >= 4 is 24.6 Å². The monoisotopic (exact) mass is 280 g/mol. The van der Waals surface area contributed by atoms with Gasteiger partial charge in [-0.1, -0.05) is 37.0 Å². The van der Waals surface area contributed by atoms with E-state index in [1.807, 2.05) is 31.3 Å². The first-order valence-electron chi connectivity index (χ1n) is 6.76. The van der Waals surface area contributed by atoms with Gasteiger partial charge in [0.1, 0.15) is 0 Å². The maximum Gasteiger partial charge on any atom is 0.0991 e. The van der Waals surface area contributed by atoms with E-state index in [-0.39, 0.29) is 0 Å². The summed E-state index contributed by atoms with van der Waals surface area (Å²) in [5, 5.41) is 10.3. The molecule has 3 heteroatoms. The van der Waals surface area contributed by atoms with E-state index in [0.29, 0.717) is 5.56 Å². The van der Waals surface area contributed by atoms with Crippen LogP contribution in [0.2, 0.25) is 19.6 Å². The summed E-state index contributed by atoms with van der Waals surface area (Å²) < 4.78 is 0. The SMILES string of the molecule is CN(c1ccc(C#N)cc1)c1ccc([Si](C)(C)C)cc1. The minimum absolute atomic E-state index is 0.691. The van der Waals surface area contributed by atoms with Gasteiger partial charge in [0.25, 0.3) is 0 Å². The third-order valence-corrected chi connectivity index (χ3v) is 5.57. The van der Waals surface area contributed by atoms with E-state index in [4.69, 9.17) is 5.26 Å². The van der Waals surface area contributed by atoms with Crippen molar-refractivity contribution < 1.29 is 0 Å². The molecule has 0 amide bonds. The third kappa shape index (κ3) is 3.09. The second-order valence-corrected chi connectivity index (χ2v) is 11.1. The van der Waals surface area contributed by atoms with Gasteiger partial charge in [0, 0.05) is 18.4 Å².